The van der Waals surface area contributed by atoms with Gasteiger partial charge in [-0.3, -0.25) is 0 Å². The third-order valence-corrected chi connectivity index (χ3v) is 3.77. The van der Waals surface area contributed by atoms with Crippen molar-refractivity contribution in [3.05, 3.63) is 29.6 Å². The van der Waals surface area contributed by atoms with E-state index in [4.69, 9.17) is 5.26 Å². The van der Waals surface area contributed by atoms with E-state index in [0.29, 0.717) is 11.6 Å². The summed E-state index contributed by atoms with van der Waals surface area (Å²) in [6, 6.07) is 6.80. The summed E-state index contributed by atoms with van der Waals surface area (Å²) in [6.45, 7) is 0.915. The highest BCUT2D eigenvalue weighted by atomic mass is 19.1. The van der Waals surface area contributed by atoms with Crippen LogP contribution in [0.2, 0.25) is 0 Å². The molecule has 0 radical (unpaired) electrons. The maximum absolute atomic E-state index is 13.5. The molecule has 18 heavy (non-hydrogen) atoms. The number of hydrogen-bond donors (Lipinski definition) is 0. The van der Waals surface area contributed by atoms with Crippen LogP contribution >= 0.6 is 0 Å². The molecule has 1 aliphatic carbocycles. The van der Waals surface area contributed by atoms with Gasteiger partial charge in [0.1, 0.15) is 17.4 Å². The molecule has 96 valence electrons. The minimum atomic E-state index is -0.425. The lowest BCUT2D eigenvalue weighted by Crippen LogP contribution is -2.27. The Kier molecular flexibility index (Phi) is 4.19. The first-order chi connectivity index (χ1) is 8.72. The maximum Gasteiger partial charge on any atom is 0.143 e. The molecule has 2 nitrogen and oxygen atoms in total. The van der Waals surface area contributed by atoms with Crippen LogP contribution in [0.5, 0.6) is 0 Å². The average molecular weight is 246 g/mol. The number of nitriles is 1. The first-order valence-electron chi connectivity index (χ1n) is 6.62. The summed E-state index contributed by atoms with van der Waals surface area (Å²) in [6.07, 6.45) is 6.44. The van der Waals surface area contributed by atoms with Crippen molar-refractivity contribution in [1.82, 2.24) is 0 Å². The summed E-state index contributed by atoms with van der Waals surface area (Å²) in [5.41, 5.74) is 0.874. The molecular weight excluding hydrogens is 227 g/mol. The van der Waals surface area contributed by atoms with E-state index >= 15 is 0 Å². The summed E-state index contributed by atoms with van der Waals surface area (Å²) in [5, 5.41) is 9.04. The molecule has 0 saturated heterocycles. The number of nitrogens with zero attached hydrogens (tertiary/aromatic N) is 2. The SMILES string of the molecule is CN(CC1CCCCC1)c1cccc(F)c1C#N. The number of anilines is 1. The van der Waals surface area contributed by atoms with Gasteiger partial charge in [0.05, 0.1) is 5.69 Å². The van der Waals surface area contributed by atoms with Gasteiger partial charge in [0.15, 0.2) is 0 Å². The van der Waals surface area contributed by atoms with Crippen molar-refractivity contribution in [3.8, 4) is 6.07 Å². The van der Waals surface area contributed by atoms with Crippen molar-refractivity contribution in [2.24, 2.45) is 5.92 Å². The Morgan fingerprint density at radius 2 is 2.06 bits per heavy atom. The fourth-order valence-corrected chi connectivity index (χ4v) is 2.80. The molecule has 2 rings (SSSR count). The predicted molar refractivity (Wildman–Crippen MR) is 71.0 cm³/mol. The van der Waals surface area contributed by atoms with Gasteiger partial charge in [0, 0.05) is 13.6 Å². The van der Waals surface area contributed by atoms with Crippen LogP contribution in [0.25, 0.3) is 0 Å². The fraction of sp³-hybridized carbons (Fsp3) is 0.533. The second-order valence-electron chi connectivity index (χ2n) is 5.13. The number of benzene rings is 1. The van der Waals surface area contributed by atoms with Gasteiger partial charge in [-0.25, -0.2) is 4.39 Å². The molecule has 0 aromatic heterocycles. The maximum atomic E-state index is 13.5. The molecule has 1 aromatic rings. The smallest absolute Gasteiger partial charge is 0.143 e. The third kappa shape index (κ3) is 2.81. The first kappa shape index (κ1) is 12.9. The highest BCUT2D eigenvalue weighted by molar-refractivity contribution is 5.59. The topological polar surface area (TPSA) is 27.0 Å². The van der Waals surface area contributed by atoms with Gasteiger partial charge in [-0.1, -0.05) is 25.3 Å². The van der Waals surface area contributed by atoms with Crippen LogP contribution in [0.4, 0.5) is 10.1 Å². The normalized spacial score (nSPS) is 16.3. The Morgan fingerprint density at radius 1 is 1.33 bits per heavy atom. The lowest BCUT2D eigenvalue weighted by Gasteiger charge is -2.28. The Labute approximate surface area is 108 Å². The van der Waals surface area contributed by atoms with Gasteiger partial charge >= 0.3 is 0 Å². The predicted octanol–water partition coefficient (Wildman–Crippen LogP) is 3.71. The van der Waals surface area contributed by atoms with E-state index in [2.05, 4.69) is 0 Å². The van der Waals surface area contributed by atoms with Crippen molar-refractivity contribution >= 4 is 5.69 Å². The van der Waals surface area contributed by atoms with Crippen LogP contribution in [0.15, 0.2) is 18.2 Å². The van der Waals surface area contributed by atoms with Gasteiger partial charge in [0.25, 0.3) is 0 Å². The van der Waals surface area contributed by atoms with Crippen molar-refractivity contribution in [2.75, 3.05) is 18.5 Å². The summed E-state index contributed by atoms with van der Waals surface area (Å²) in [7, 11) is 1.95. The summed E-state index contributed by atoms with van der Waals surface area (Å²) < 4.78 is 13.5. The number of halogens is 1. The Hall–Kier alpha value is -1.56. The van der Waals surface area contributed by atoms with E-state index in [1.807, 2.05) is 24.1 Å². The van der Waals surface area contributed by atoms with Crippen molar-refractivity contribution in [3.63, 3.8) is 0 Å². The van der Waals surface area contributed by atoms with Crippen LogP contribution < -0.4 is 4.90 Å². The third-order valence-electron chi connectivity index (χ3n) is 3.77. The standard InChI is InChI=1S/C15H19FN2/c1-18(11-12-6-3-2-4-7-12)15-9-5-8-14(16)13(15)10-17/h5,8-9,12H,2-4,6-7,11H2,1H3. The van der Waals surface area contributed by atoms with Gasteiger partial charge in [-0.05, 0) is 30.9 Å². The monoisotopic (exact) mass is 246 g/mol. The highest BCUT2D eigenvalue weighted by Crippen LogP contribution is 2.27. The van der Waals surface area contributed by atoms with E-state index in [-0.39, 0.29) is 5.56 Å². The molecule has 1 aromatic carbocycles. The van der Waals surface area contributed by atoms with Gasteiger partial charge in [-0.15, -0.1) is 0 Å². The number of hydrogen-bond acceptors (Lipinski definition) is 2. The van der Waals surface area contributed by atoms with Gasteiger partial charge in [-0.2, -0.15) is 5.26 Å². The summed E-state index contributed by atoms with van der Waals surface area (Å²) in [4.78, 5) is 2.03. The molecule has 1 saturated carbocycles. The van der Waals surface area contributed by atoms with Crippen LogP contribution in [0, 0.1) is 23.1 Å². The summed E-state index contributed by atoms with van der Waals surface area (Å²) >= 11 is 0. The molecule has 0 bridgehead atoms. The number of rotatable bonds is 3. The Morgan fingerprint density at radius 3 is 2.72 bits per heavy atom. The van der Waals surface area contributed by atoms with Crippen LogP contribution in [-0.2, 0) is 0 Å². The van der Waals surface area contributed by atoms with Crippen molar-refractivity contribution < 1.29 is 4.39 Å². The van der Waals surface area contributed by atoms with E-state index in [0.717, 1.165) is 6.54 Å². The van der Waals surface area contributed by atoms with E-state index < -0.39 is 5.82 Å². The first-order valence-corrected chi connectivity index (χ1v) is 6.62. The van der Waals surface area contributed by atoms with Gasteiger partial charge in [0.2, 0.25) is 0 Å². The lowest BCUT2D eigenvalue weighted by atomic mass is 9.89. The minimum Gasteiger partial charge on any atom is -0.373 e. The minimum absolute atomic E-state index is 0.163. The molecule has 0 unspecified atom stereocenters. The van der Waals surface area contributed by atoms with Crippen LogP contribution in [0.3, 0.4) is 0 Å². The molecule has 0 spiro atoms. The fourth-order valence-electron chi connectivity index (χ4n) is 2.80. The van der Waals surface area contributed by atoms with Crippen molar-refractivity contribution in [2.45, 2.75) is 32.1 Å². The molecular formula is C15H19FN2. The molecule has 3 heteroatoms. The summed E-state index contributed by atoms with van der Waals surface area (Å²) in [5.74, 6) is 0.254. The largest absolute Gasteiger partial charge is 0.373 e. The molecule has 1 aliphatic rings. The zero-order valence-electron chi connectivity index (χ0n) is 10.8. The van der Waals surface area contributed by atoms with Crippen LogP contribution in [-0.4, -0.2) is 13.6 Å². The zero-order valence-corrected chi connectivity index (χ0v) is 10.8. The van der Waals surface area contributed by atoms with Crippen LogP contribution in [0.1, 0.15) is 37.7 Å². The van der Waals surface area contributed by atoms with E-state index in [1.165, 1.54) is 38.2 Å². The average Bonchev–Trinajstić information content (AvgIpc) is 2.39. The molecule has 0 aliphatic heterocycles. The molecule has 1 fully saturated rings. The Balaban J connectivity index is 2.11. The highest BCUT2D eigenvalue weighted by Gasteiger charge is 2.18. The lowest BCUT2D eigenvalue weighted by molar-refractivity contribution is 0.362. The van der Waals surface area contributed by atoms with Crippen molar-refractivity contribution in [1.29, 1.82) is 5.26 Å². The molecule has 0 heterocycles. The second-order valence-corrected chi connectivity index (χ2v) is 5.13. The zero-order chi connectivity index (χ0) is 13.0. The quantitative estimate of drug-likeness (QED) is 0.812. The van der Waals surface area contributed by atoms with E-state index in [9.17, 15) is 4.39 Å². The van der Waals surface area contributed by atoms with E-state index in [1.54, 1.807) is 6.07 Å². The molecule has 0 amide bonds. The molecule has 0 atom stereocenters. The second kappa shape index (κ2) is 5.86. The Bertz CT molecular complexity index is 444. The van der Waals surface area contributed by atoms with Gasteiger partial charge < -0.3 is 4.90 Å². The molecule has 0 N–H and O–H groups in total.